The van der Waals surface area contributed by atoms with Crippen LogP contribution in [0, 0.1) is 0 Å². The van der Waals surface area contributed by atoms with Crippen LogP contribution in [0.15, 0.2) is 10.7 Å². The molecule has 0 amide bonds. The molecule has 1 aliphatic rings. The van der Waals surface area contributed by atoms with Crippen molar-refractivity contribution in [3.05, 3.63) is 10.7 Å². The van der Waals surface area contributed by atoms with Crippen LogP contribution in [0.1, 0.15) is 6.42 Å². The molecule has 2 N–H and O–H groups in total. The molecule has 7 heteroatoms. The van der Waals surface area contributed by atoms with Gasteiger partial charge in [0.25, 0.3) is 0 Å². The van der Waals surface area contributed by atoms with Gasteiger partial charge in [0.2, 0.25) is 5.95 Å². The summed E-state index contributed by atoms with van der Waals surface area (Å²) >= 11 is 3.45. The van der Waals surface area contributed by atoms with Crippen molar-refractivity contribution in [3.8, 4) is 0 Å². The van der Waals surface area contributed by atoms with Gasteiger partial charge >= 0.3 is 0 Å². The number of anilines is 2. The van der Waals surface area contributed by atoms with Crippen molar-refractivity contribution >= 4 is 27.7 Å². The monoisotopic (exact) mass is 329 g/mol. The zero-order chi connectivity index (χ0) is 13.5. The van der Waals surface area contributed by atoms with Crippen LogP contribution in [-0.2, 0) is 4.74 Å². The van der Waals surface area contributed by atoms with Crippen molar-refractivity contribution < 1.29 is 4.74 Å². The fraction of sp³-hybridized carbons (Fsp3) is 0.667. The van der Waals surface area contributed by atoms with E-state index in [2.05, 4.69) is 41.4 Å². The van der Waals surface area contributed by atoms with Crippen molar-refractivity contribution in [3.63, 3.8) is 0 Å². The first-order valence-corrected chi connectivity index (χ1v) is 7.33. The summed E-state index contributed by atoms with van der Waals surface area (Å²) in [6, 6.07) is 0. The molecule has 6 nitrogen and oxygen atoms in total. The van der Waals surface area contributed by atoms with E-state index >= 15 is 0 Å². The van der Waals surface area contributed by atoms with Gasteiger partial charge in [-0.05, 0) is 28.9 Å². The van der Waals surface area contributed by atoms with E-state index in [0.717, 1.165) is 56.1 Å². The van der Waals surface area contributed by atoms with E-state index in [0.29, 0.717) is 5.95 Å². The number of rotatable bonds is 6. The summed E-state index contributed by atoms with van der Waals surface area (Å²) in [7, 11) is 1.81. The molecule has 0 aliphatic carbocycles. The van der Waals surface area contributed by atoms with Gasteiger partial charge in [0.05, 0.1) is 17.7 Å². The van der Waals surface area contributed by atoms with Crippen LogP contribution in [0.2, 0.25) is 0 Å². The normalized spacial score (nSPS) is 16.3. The van der Waals surface area contributed by atoms with E-state index in [1.807, 2.05) is 7.05 Å². The minimum atomic E-state index is 0.624. The second-order valence-corrected chi connectivity index (χ2v) is 5.23. The molecular formula is C12H20BrN5O. The second kappa shape index (κ2) is 7.62. The number of nitrogens with one attached hydrogen (secondary N) is 2. The standard InChI is InChI=1S/C12H20BrN5O/c1-14-12-16-9-10(13)11(17-12)15-3-2-4-18-5-7-19-8-6-18/h9H,2-8H2,1H3,(H2,14,15,16,17). The Hall–Kier alpha value is -0.920. The molecule has 1 aromatic heterocycles. The summed E-state index contributed by atoms with van der Waals surface area (Å²) in [5, 5.41) is 6.26. The van der Waals surface area contributed by atoms with Crippen LogP contribution in [0.25, 0.3) is 0 Å². The molecule has 19 heavy (non-hydrogen) atoms. The van der Waals surface area contributed by atoms with Crippen LogP contribution in [0.4, 0.5) is 11.8 Å². The lowest BCUT2D eigenvalue weighted by atomic mass is 10.3. The number of hydrogen-bond donors (Lipinski definition) is 2. The Balaban J connectivity index is 1.72. The molecule has 0 bridgehead atoms. The first-order valence-electron chi connectivity index (χ1n) is 6.54. The number of morpholine rings is 1. The van der Waals surface area contributed by atoms with Gasteiger partial charge in [0.15, 0.2) is 0 Å². The first kappa shape index (κ1) is 14.5. The SMILES string of the molecule is CNc1ncc(Br)c(NCCCN2CCOCC2)n1. The number of aromatic nitrogens is 2. The highest BCUT2D eigenvalue weighted by Gasteiger charge is 2.09. The van der Waals surface area contributed by atoms with Gasteiger partial charge in [-0.3, -0.25) is 4.90 Å². The molecule has 0 saturated carbocycles. The van der Waals surface area contributed by atoms with Gasteiger partial charge in [-0.25, -0.2) is 4.98 Å². The van der Waals surface area contributed by atoms with Crippen LogP contribution < -0.4 is 10.6 Å². The van der Waals surface area contributed by atoms with Crippen molar-refractivity contribution in [2.45, 2.75) is 6.42 Å². The largest absolute Gasteiger partial charge is 0.379 e. The molecule has 0 spiro atoms. The molecular weight excluding hydrogens is 310 g/mol. The summed E-state index contributed by atoms with van der Waals surface area (Å²) in [6.07, 6.45) is 2.84. The lowest BCUT2D eigenvalue weighted by Crippen LogP contribution is -2.37. The molecule has 0 unspecified atom stereocenters. The molecule has 1 fully saturated rings. The highest BCUT2D eigenvalue weighted by Crippen LogP contribution is 2.19. The van der Waals surface area contributed by atoms with E-state index in [4.69, 9.17) is 4.74 Å². The predicted molar refractivity (Wildman–Crippen MR) is 79.6 cm³/mol. The number of halogens is 1. The van der Waals surface area contributed by atoms with Crippen molar-refractivity contribution in [1.82, 2.24) is 14.9 Å². The van der Waals surface area contributed by atoms with Crippen LogP contribution in [0.5, 0.6) is 0 Å². The Morgan fingerprint density at radius 1 is 1.42 bits per heavy atom. The Kier molecular flexibility index (Phi) is 5.81. The lowest BCUT2D eigenvalue weighted by Gasteiger charge is -2.26. The average Bonchev–Trinajstić information content (AvgIpc) is 2.46. The van der Waals surface area contributed by atoms with Gasteiger partial charge < -0.3 is 15.4 Å². The molecule has 1 aliphatic heterocycles. The molecule has 2 rings (SSSR count). The second-order valence-electron chi connectivity index (χ2n) is 4.37. The Morgan fingerprint density at radius 3 is 2.95 bits per heavy atom. The average molecular weight is 330 g/mol. The number of ether oxygens (including phenoxy) is 1. The fourth-order valence-corrected chi connectivity index (χ4v) is 2.28. The molecule has 0 atom stereocenters. The van der Waals surface area contributed by atoms with Crippen molar-refractivity contribution in [1.29, 1.82) is 0 Å². The molecule has 1 aromatic rings. The van der Waals surface area contributed by atoms with E-state index in [9.17, 15) is 0 Å². The van der Waals surface area contributed by atoms with Gasteiger partial charge in [-0.15, -0.1) is 0 Å². The minimum Gasteiger partial charge on any atom is -0.379 e. The topological polar surface area (TPSA) is 62.3 Å². The van der Waals surface area contributed by atoms with Gasteiger partial charge in [0.1, 0.15) is 5.82 Å². The third-order valence-electron chi connectivity index (χ3n) is 3.01. The molecule has 0 radical (unpaired) electrons. The molecule has 2 heterocycles. The third kappa shape index (κ3) is 4.59. The summed E-state index contributed by atoms with van der Waals surface area (Å²) < 4.78 is 6.22. The zero-order valence-corrected chi connectivity index (χ0v) is 12.7. The van der Waals surface area contributed by atoms with E-state index in [1.165, 1.54) is 0 Å². The molecule has 1 saturated heterocycles. The maximum absolute atomic E-state index is 5.33. The Morgan fingerprint density at radius 2 is 2.21 bits per heavy atom. The van der Waals surface area contributed by atoms with Gasteiger partial charge in [0, 0.05) is 32.9 Å². The summed E-state index contributed by atoms with van der Waals surface area (Å²) in [5.74, 6) is 1.46. The van der Waals surface area contributed by atoms with Crippen molar-refractivity contribution in [2.24, 2.45) is 0 Å². The Labute approximate surface area is 122 Å². The zero-order valence-electron chi connectivity index (χ0n) is 11.2. The fourth-order valence-electron chi connectivity index (χ4n) is 1.95. The third-order valence-corrected chi connectivity index (χ3v) is 3.60. The van der Waals surface area contributed by atoms with E-state index in [1.54, 1.807) is 6.20 Å². The van der Waals surface area contributed by atoms with Gasteiger partial charge in [-0.2, -0.15) is 4.98 Å². The quantitative estimate of drug-likeness (QED) is 0.769. The summed E-state index contributed by atoms with van der Waals surface area (Å²) in [4.78, 5) is 10.9. The maximum atomic E-state index is 5.33. The minimum absolute atomic E-state index is 0.624. The Bertz CT molecular complexity index is 398. The first-order chi connectivity index (χ1) is 9.29. The number of hydrogen-bond acceptors (Lipinski definition) is 6. The maximum Gasteiger partial charge on any atom is 0.224 e. The van der Waals surface area contributed by atoms with E-state index < -0.39 is 0 Å². The van der Waals surface area contributed by atoms with Crippen LogP contribution in [-0.4, -0.2) is 61.3 Å². The molecule has 106 valence electrons. The van der Waals surface area contributed by atoms with Crippen LogP contribution in [0.3, 0.4) is 0 Å². The lowest BCUT2D eigenvalue weighted by molar-refractivity contribution is 0.0378. The van der Waals surface area contributed by atoms with Crippen molar-refractivity contribution in [2.75, 3.05) is 57.1 Å². The van der Waals surface area contributed by atoms with E-state index in [-0.39, 0.29) is 0 Å². The highest BCUT2D eigenvalue weighted by atomic mass is 79.9. The molecule has 0 aromatic carbocycles. The predicted octanol–water partition coefficient (Wildman–Crippen LogP) is 1.41. The summed E-state index contributed by atoms with van der Waals surface area (Å²) in [5.41, 5.74) is 0. The number of nitrogens with zero attached hydrogens (tertiary/aromatic N) is 3. The summed E-state index contributed by atoms with van der Waals surface area (Å²) in [6.45, 7) is 5.79. The van der Waals surface area contributed by atoms with Gasteiger partial charge in [-0.1, -0.05) is 0 Å². The van der Waals surface area contributed by atoms with Crippen LogP contribution >= 0.6 is 15.9 Å². The smallest absolute Gasteiger partial charge is 0.224 e. The highest BCUT2D eigenvalue weighted by molar-refractivity contribution is 9.10.